The van der Waals surface area contributed by atoms with Crippen molar-refractivity contribution in [3.8, 4) is 5.69 Å². The molecule has 8 nitrogen and oxygen atoms in total. The standard InChI is InChI=1S/C29H34FN3O5/c1-4-37-29-23(11-8-16-34)24(17-25(38-29)27(35)31-18-20-12-14-21(30)15-13-20)26-19(2)32(3)33(28(26)36)22-9-6-5-7-10-22/h5-7,9-10,12-15,17,23-24,29,34H,4,8,11,16,18H2,1-3H3,(H,31,35)/t23-,24+,29-/m1/s1. The number of aromatic nitrogens is 2. The maximum Gasteiger partial charge on any atom is 0.286 e. The summed E-state index contributed by atoms with van der Waals surface area (Å²) in [6.45, 7) is 4.23. The van der Waals surface area contributed by atoms with Crippen LogP contribution in [0.15, 0.2) is 71.2 Å². The van der Waals surface area contributed by atoms with Crippen LogP contribution >= 0.6 is 0 Å². The van der Waals surface area contributed by atoms with Crippen molar-refractivity contribution in [1.29, 1.82) is 0 Å². The van der Waals surface area contributed by atoms with Crippen LogP contribution in [0, 0.1) is 18.7 Å². The number of carbonyl (C=O) groups excluding carboxylic acids is 1. The lowest BCUT2D eigenvalue weighted by molar-refractivity contribution is -0.166. The summed E-state index contributed by atoms with van der Waals surface area (Å²) in [5, 5.41) is 12.4. The third-order valence-corrected chi connectivity index (χ3v) is 6.93. The van der Waals surface area contributed by atoms with Gasteiger partial charge < -0.3 is 19.9 Å². The molecule has 202 valence electrons. The van der Waals surface area contributed by atoms with Crippen molar-refractivity contribution in [1.82, 2.24) is 14.7 Å². The van der Waals surface area contributed by atoms with Gasteiger partial charge in [0.2, 0.25) is 6.29 Å². The van der Waals surface area contributed by atoms with Gasteiger partial charge in [-0.15, -0.1) is 0 Å². The van der Waals surface area contributed by atoms with Gasteiger partial charge in [0.15, 0.2) is 5.76 Å². The quantitative estimate of drug-likeness (QED) is 0.423. The highest BCUT2D eigenvalue weighted by atomic mass is 19.1. The summed E-state index contributed by atoms with van der Waals surface area (Å²) in [6, 6.07) is 15.2. The Labute approximate surface area is 221 Å². The Morgan fingerprint density at radius 1 is 1.16 bits per heavy atom. The monoisotopic (exact) mass is 523 g/mol. The molecule has 9 heteroatoms. The van der Waals surface area contributed by atoms with Gasteiger partial charge in [-0.1, -0.05) is 30.3 Å². The summed E-state index contributed by atoms with van der Waals surface area (Å²) in [6.07, 6.45) is 1.94. The normalized spacial score (nSPS) is 19.1. The molecule has 2 aromatic carbocycles. The van der Waals surface area contributed by atoms with E-state index in [2.05, 4.69) is 5.32 Å². The van der Waals surface area contributed by atoms with E-state index in [-0.39, 0.29) is 36.2 Å². The lowest BCUT2D eigenvalue weighted by atomic mass is 9.80. The van der Waals surface area contributed by atoms with Crippen LogP contribution in [0.25, 0.3) is 5.69 Å². The lowest BCUT2D eigenvalue weighted by Crippen LogP contribution is -2.40. The van der Waals surface area contributed by atoms with Crippen LogP contribution in [0.3, 0.4) is 0 Å². The molecule has 4 rings (SSSR count). The summed E-state index contributed by atoms with van der Waals surface area (Å²) in [5.41, 5.74) is 2.60. The zero-order valence-corrected chi connectivity index (χ0v) is 21.9. The number of carbonyl (C=O) groups is 1. The van der Waals surface area contributed by atoms with Crippen molar-refractivity contribution in [2.45, 2.75) is 45.4 Å². The third kappa shape index (κ3) is 5.74. The van der Waals surface area contributed by atoms with Crippen LogP contribution in [-0.2, 0) is 27.9 Å². The summed E-state index contributed by atoms with van der Waals surface area (Å²) >= 11 is 0. The van der Waals surface area contributed by atoms with Gasteiger partial charge in [-0.3, -0.25) is 14.3 Å². The molecule has 0 radical (unpaired) electrons. The van der Waals surface area contributed by atoms with Gasteiger partial charge in [-0.05, 0) is 62.6 Å². The van der Waals surface area contributed by atoms with Crippen LogP contribution in [0.4, 0.5) is 4.39 Å². The summed E-state index contributed by atoms with van der Waals surface area (Å²) in [4.78, 5) is 27.0. The molecular formula is C29H34FN3O5. The number of hydrogen-bond acceptors (Lipinski definition) is 5. The predicted molar refractivity (Wildman–Crippen MR) is 141 cm³/mol. The molecule has 1 aliphatic rings. The fourth-order valence-electron chi connectivity index (χ4n) is 4.94. The Bertz CT molecular complexity index is 1330. The average Bonchev–Trinajstić information content (AvgIpc) is 3.15. The van der Waals surface area contributed by atoms with Crippen molar-refractivity contribution < 1.29 is 23.8 Å². The maximum absolute atomic E-state index is 13.9. The minimum absolute atomic E-state index is 0.0151. The van der Waals surface area contributed by atoms with E-state index in [4.69, 9.17) is 9.47 Å². The molecule has 0 aliphatic carbocycles. The zero-order chi connectivity index (χ0) is 27.2. The number of nitrogens with one attached hydrogen (secondary N) is 1. The average molecular weight is 524 g/mol. The molecule has 1 amide bonds. The van der Waals surface area contributed by atoms with Gasteiger partial charge in [0, 0.05) is 49.9 Å². The number of benzene rings is 2. The molecule has 0 unspecified atom stereocenters. The van der Waals surface area contributed by atoms with Gasteiger partial charge in [0.05, 0.1) is 5.69 Å². The Morgan fingerprint density at radius 3 is 2.53 bits per heavy atom. The van der Waals surface area contributed by atoms with Gasteiger partial charge in [-0.25, -0.2) is 9.07 Å². The van der Waals surface area contributed by atoms with E-state index >= 15 is 0 Å². The van der Waals surface area contributed by atoms with E-state index in [0.29, 0.717) is 25.0 Å². The van der Waals surface area contributed by atoms with Crippen molar-refractivity contribution in [2.24, 2.45) is 13.0 Å². The van der Waals surface area contributed by atoms with Crippen molar-refractivity contribution in [2.75, 3.05) is 13.2 Å². The maximum atomic E-state index is 13.9. The second-order valence-electron chi connectivity index (χ2n) is 9.31. The second kappa shape index (κ2) is 12.2. The van der Waals surface area contributed by atoms with Crippen molar-refractivity contribution in [3.05, 3.63) is 99.4 Å². The SMILES string of the molecule is CCO[C@@H]1OC(C(=O)NCc2ccc(F)cc2)=C[C@H](c2c(C)n(C)n(-c3ccccc3)c2=O)[C@H]1CCCO. The first-order chi connectivity index (χ1) is 18.3. The Kier molecular flexibility index (Phi) is 8.81. The molecule has 0 saturated carbocycles. The number of para-hydroxylation sites is 1. The second-order valence-corrected chi connectivity index (χ2v) is 9.31. The number of amides is 1. The van der Waals surface area contributed by atoms with Crippen LogP contribution in [0.5, 0.6) is 0 Å². The van der Waals surface area contributed by atoms with Crippen LogP contribution < -0.4 is 10.9 Å². The number of halogens is 1. The number of nitrogens with zero attached hydrogens (tertiary/aromatic N) is 2. The molecule has 1 aromatic heterocycles. The first-order valence-corrected chi connectivity index (χ1v) is 12.8. The first-order valence-electron chi connectivity index (χ1n) is 12.8. The number of ether oxygens (including phenoxy) is 2. The van der Waals surface area contributed by atoms with Gasteiger partial charge in [0.25, 0.3) is 11.5 Å². The molecule has 0 saturated heterocycles. The number of rotatable bonds is 10. The Hall–Kier alpha value is -3.69. The molecular weight excluding hydrogens is 489 g/mol. The molecule has 38 heavy (non-hydrogen) atoms. The topological polar surface area (TPSA) is 94.7 Å². The Balaban J connectivity index is 1.74. The van der Waals surface area contributed by atoms with Gasteiger partial charge >= 0.3 is 0 Å². The minimum Gasteiger partial charge on any atom is -0.459 e. The lowest BCUT2D eigenvalue weighted by Gasteiger charge is -2.36. The predicted octanol–water partition coefficient (Wildman–Crippen LogP) is 3.69. The molecule has 0 fully saturated rings. The highest BCUT2D eigenvalue weighted by Crippen LogP contribution is 2.39. The minimum atomic E-state index is -0.780. The molecule has 1 aliphatic heterocycles. The number of hydrogen-bond donors (Lipinski definition) is 2. The van der Waals surface area contributed by atoms with E-state index in [1.807, 2.05) is 55.9 Å². The molecule has 2 N–H and O–H groups in total. The fourth-order valence-corrected chi connectivity index (χ4v) is 4.94. The van der Waals surface area contributed by atoms with E-state index < -0.39 is 18.1 Å². The van der Waals surface area contributed by atoms with Crippen molar-refractivity contribution in [3.63, 3.8) is 0 Å². The van der Waals surface area contributed by atoms with Gasteiger partial charge in [-0.2, -0.15) is 0 Å². The molecule has 0 spiro atoms. The molecule has 3 aromatic rings. The van der Waals surface area contributed by atoms with E-state index in [9.17, 15) is 19.1 Å². The number of allylic oxidation sites excluding steroid dienone is 1. The first kappa shape index (κ1) is 27.3. The molecule has 0 bridgehead atoms. The van der Waals surface area contributed by atoms with Crippen molar-refractivity contribution >= 4 is 5.91 Å². The van der Waals surface area contributed by atoms with E-state index in [1.54, 1.807) is 22.9 Å². The van der Waals surface area contributed by atoms with E-state index in [1.165, 1.54) is 12.1 Å². The van der Waals surface area contributed by atoms with Crippen LogP contribution in [-0.4, -0.2) is 39.9 Å². The largest absolute Gasteiger partial charge is 0.459 e. The van der Waals surface area contributed by atoms with Crippen LogP contribution in [0.2, 0.25) is 0 Å². The highest BCUT2D eigenvalue weighted by molar-refractivity contribution is 5.91. The molecule has 2 heterocycles. The summed E-state index contributed by atoms with van der Waals surface area (Å²) < 4.78 is 28.6. The summed E-state index contributed by atoms with van der Waals surface area (Å²) in [7, 11) is 1.83. The number of aliphatic hydroxyl groups is 1. The smallest absolute Gasteiger partial charge is 0.286 e. The third-order valence-electron chi connectivity index (χ3n) is 6.93. The highest BCUT2D eigenvalue weighted by Gasteiger charge is 2.40. The molecule has 3 atom stereocenters. The van der Waals surface area contributed by atoms with Crippen LogP contribution in [0.1, 0.15) is 42.5 Å². The Morgan fingerprint density at radius 2 is 1.87 bits per heavy atom. The fraction of sp³-hybridized carbons (Fsp3) is 0.379. The van der Waals surface area contributed by atoms with E-state index in [0.717, 1.165) is 16.9 Å². The summed E-state index contributed by atoms with van der Waals surface area (Å²) in [5.74, 6) is -1.53. The van der Waals surface area contributed by atoms with Gasteiger partial charge in [0.1, 0.15) is 5.82 Å². The number of aliphatic hydroxyl groups excluding tert-OH is 1. The zero-order valence-electron chi connectivity index (χ0n) is 21.9.